The first-order valence-corrected chi connectivity index (χ1v) is 10.4. The molecule has 3 aromatic rings. The molecule has 5 nitrogen and oxygen atoms in total. The monoisotopic (exact) mass is 419 g/mol. The second kappa shape index (κ2) is 8.76. The number of piperidine rings is 1. The van der Waals surface area contributed by atoms with Crippen molar-refractivity contribution in [3.63, 3.8) is 0 Å². The van der Waals surface area contributed by atoms with Crippen molar-refractivity contribution >= 4 is 12.0 Å². The van der Waals surface area contributed by atoms with Gasteiger partial charge in [0.25, 0.3) is 0 Å². The number of likely N-dealkylation sites (tertiary alicyclic amines) is 1. The van der Waals surface area contributed by atoms with Crippen LogP contribution in [0.3, 0.4) is 0 Å². The second-order valence-corrected chi connectivity index (χ2v) is 7.82. The number of amides is 1. The highest BCUT2D eigenvalue weighted by molar-refractivity contribution is 5.98. The Morgan fingerprint density at radius 3 is 2.74 bits per heavy atom. The number of rotatable bonds is 5. The molecule has 0 unspecified atom stereocenters. The highest BCUT2D eigenvalue weighted by atomic mass is 19.1. The summed E-state index contributed by atoms with van der Waals surface area (Å²) in [5.41, 5.74) is 3.96. The summed E-state index contributed by atoms with van der Waals surface area (Å²) >= 11 is 0. The number of aryl methyl sites for hydroxylation is 1. The van der Waals surface area contributed by atoms with Gasteiger partial charge in [-0.25, -0.2) is 9.37 Å². The molecular weight excluding hydrogens is 393 g/mol. The van der Waals surface area contributed by atoms with Crippen LogP contribution in [0.2, 0.25) is 0 Å². The molecule has 1 atom stereocenters. The summed E-state index contributed by atoms with van der Waals surface area (Å²) in [6.45, 7) is 4.43. The number of methoxy groups -OCH3 is 1. The van der Waals surface area contributed by atoms with Gasteiger partial charge in [-0.2, -0.15) is 0 Å². The lowest BCUT2D eigenvalue weighted by Gasteiger charge is -2.34. The fourth-order valence-electron chi connectivity index (χ4n) is 4.07. The Hall–Kier alpha value is -3.41. The molecule has 4 rings (SSSR count). The van der Waals surface area contributed by atoms with Crippen LogP contribution in [0.1, 0.15) is 42.6 Å². The van der Waals surface area contributed by atoms with Gasteiger partial charge in [0, 0.05) is 23.9 Å². The van der Waals surface area contributed by atoms with Gasteiger partial charge >= 0.3 is 0 Å². The number of carbonyl (C=O) groups is 1. The van der Waals surface area contributed by atoms with Crippen LogP contribution >= 0.6 is 0 Å². The second-order valence-electron chi connectivity index (χ2n) is 7.82. The third kappa shape index (κ3) is 4.24. The third-order valence-electron chi connectivity index (χ3n) is 5.74. The summed E-state index contributed by atoms with van der Waals surface area (Å²) in [5, 5.41) is 0. The molecule has 0 bridgehead atoms. The topological polar surface area (TPSA) is 47.4 Å². The van der Waals surface area contributed by atoms with Crippen LogP contribution < -0.4 is 4.74 Å². The molecule has 0 spiro atoms. The van der Waals surface area contributed by atoms with Crippen LogP contribution in [-0.2, 0) is 4.79 Å². The van der Waals surface area contributed by atoms with Gasteiger partial charge in [0.05, 0.1) is 30.9 Å². The molecule has 0 aliphatic carbocycles. The molecule has 0 N–H and O–H groups in total. The lowest BCUT2D eigenvalue weighted by molar-refractivity contribution is -0.130. The molecular formula is C25H26FN3O2. The summed E-state index contributed by atoms with van der Waals surface area (Å²) in [6.07, 6.45) is 7.14. The van der Waals surface area contributed by atoms with E-state index in [1.165, 1.54) is 6.07 Å². The summed E-state index contributed by atoms with van der Waals surface area (Å²) in [5.74, 6) is 0.371. The molecule has 31 heavy (non-hydrogen) atoms. The fourth-order valence-corrected chi connectivity index (χ4v) is 4.07. The molecule has 0 saturated carbocycles. The lowest BCUT2D eigenvalue weighted by atomic mass is 9.97. The van der Waals surface area contributed by atoms with Crippen LogP contribution in [0.25, 0.3) is 11.8 Å². The van der Waals surface area contributed by atoms with Crippen LogP contribution in [0, 0.1) is 12.7 Å². The van der Waals surface area contributed by atoms with E-state index in [9.17, 15) is 9.18 Å². The predicted molar refractivity (Wildman–Crippen MR) is 119 cm³/mol. The molecule has 160 valence electrons. The SMILES string of the molecule is COc1cc(/C=C2\CCCN([C@@H](C)c3ccccc3F)C2=O)ccc1-n1cnc(C)c1. The highest BCUT2D eigenvalue weighted by Crippen LogP contribution is 2.31. The highest BCUT2D eigenvalue weighted by Gasteiger charge is 2.29. The van der Waals surface area contributed by atoms with Crippen LogP contribution in [0.15, 0.2) is 60.6 Å². The van der Waals surface area contributed by atoms with Crippen molar-refractivity contribution in [3.05, 3.63) is 83.2 Å². The van der Waals surface area contributed by atoms with Gasteiger partial charge in [-0.05, 0) is 56.5 Å². The Balaban J connectivity index is 1.61. The number of aromatic nitrogens is 2. The molecule has 1 fully saturated rings. The Morgan fingerprint density at radius 1 is 1.23 bits per heavy atom. The zero-order chi connectivity index (χ0) is 22.0. The molecule has 2 aromatic carbocycles. The minimum Gasteiger partial charge on any atom is -0.495 e. The number of ether oxygens (including phenoxy) is 1. The van der Waals surface area contributed by atoms with E-state index in [0.29, 0.717) is 24.3 Å². The predicted octanol–water partition coefficient (Wildman–Crippen LogP) is 5.10. The molecule has 1 amide bonds. The average molecular weight is 420 g/mol. The van der Waals surface area contributed by atoms with Crippen molar-refractivity contribution < 1.29 is 13.9 Å². The molecule has 1 aromatic heterocycles. The van der Waals surface area contributed by atoms with E-state index in [1.807, 2.05) is 48.9 Å². The maximum absolute atomic E-state index is 14.3. The van der Waals surface area contributed by atoms with E-state index in [-0.39, 0.29) is 17.8 Å². The van der Waals surface area contributed by atoms with Crippen molar-refractivity contribution in [3.8, 4) is 11.4 Å². The lowest BCUT2D eigenvalue weighted by Crippen LogP contribution is -2.39. The maximum atomic E-state index is 14.3. The van der Waals surface area contributed by atoms with Crippen molar-refractivity contribution in [2.24, 2.45) is 0 Å². The number of carbonyl (C=O) groups excluding carboxylic acids is 1. The Kier molecular flexibility index (Phi) is 5.89. The first-order valence-electron chi connectivity index (χ1n) is 10.4. The van der Waals surface area contributed by atoms with Crippen LogP contribution in [-0.4, -0.2) is 34.0 Å². The van der Waals surface area contributed by atoms with Crippen molar-refractivity contribution in [2.45, 2.75) is 32.7 Å². The first-order chi connectivity index (χ1) is 15.0. The molecule has 1 aliphatic heterocycles. The van der Waals surface area contributed by atoms with Crippen molar-refractivity contribution in [2.75, 3.05) is 13.7 Å². The molecule has 1 aliphatic rings. The van der Waals surface area contributed by atoms with E-state index in [0.717, 1.165) is 28.9 Å². The Labute approximate surface area is 181 Å². The Morgan fingerprint density at radius 2 is 2.03 bits per heavy atom. The van der Waals surface area contributed by atoms with Crippen molar-refractivity contribution in [1.29, 1.82) is 0 Å². The Bertz CT molecular complexity index is 1140. The van der Waals surface area contributed by atoms with E-state index in [4.69, 9.17) is 4.74 Å². The van der Waals surface area contributed by atoms with Gasteiger partial charge in [0.1, 0.15) is 11.6 Å². The summed E-state index contributed by atoms with van der Waals surface area (Å²) < 4.78 is 21.7. The van der Waals surface area contributed by atoms with Gasteiger partial charge in [0.15, 0.2) is 0 Å². The van der Waals surface area contributed by atoms with Gasteiger partial charge in [-0.15, -0.1) is 0 Å². The van der Waals surface area contributed by atoms with Gasteiger partial charge in [-0.1, -0.05) is 24.3 Å². The van der Waals surface area contributed by atoms with E-state index in [1.54, 1.807) is 36.5 Å². The largest absolute Gasteiger partial charge is 0.495 e. The first kappa shape index (κ1) is 20.8. The van der Waals surface area contributed by atoms with Gasteiger partial charge < -0.3 is 14.2 Å². The van der Waals surface area contributed by atoms with Crippen LogP contribution in [0.5, 0.6) is 5.75 Å². The number of benzene rings is 2. The minimum absolute atomic E-state index is 0.0460. The third-order valence-corrected chi connectivity index (χ3v) is 5.74. The summed E-state index contributed by atoms with van der Waals surface area (Å²) in [6, 6.07) is 12.2. The molecule has 6 heteroatoms. The standard InChI is InChI=1S/C25H26FN3O2/c1-17-15-28(16-27-17)23-11-10-19(14-24(23)31-3)13-20-7-6-12-29(25(20)30)18(2)21-8-4-5-9-22(21)26/h4-5,8-11,13-16,18H,6-7,12H2,1-3H3/b20-13+/t18-/m0/s1. The van der Waals surface area contributed by atoms with Gasteiger partial charge in [-0.3, -0.25) is 4.79 Å². The molecule has 2 heterocycles. The summed E-state index contributed by atoms with van der Waals surface area (Å²) in [4.78, 5) is 19.2. The normalized spacial score (nSPS) is 16.6. The maximum Gasteiger partial charge on any atom is 0.250 e. The zero-order valence-corrected chi connectivity index (χ0v) is 18.0. The molecule has 0 radical (unpaired) electrons. The van der Waals surface area contributed by atoms with Crippen LogP contribution in [0.4, 0.5) is 4.39 Å². The number of nitrogens with zero attached hydrogens (tertiary/aromatic N) is 3. The van der Waals surface area contributed by atoms with E-state index < -0.39 is 0 Å². The van der Waals surface area contributed by atoms with Crippen molar-refractivity contribution in [1.82, 2.24) is 14.5 Å². The van der Waals surface area contributed by atoms with Gasteiger partial charge in [0.2, 0.25) is 5.91 Å². The minimum atomic E-state index is -0.321. The van der Waals surface area contributed by atoms with E-state index in [2.05, 4.69) is 4.98 Å². The average Bonchev–Trinajstić information content (AvgIpc) is 3.21. The fraction of sp³-hybridized carbons (Fsp3) is 0.280. The quantitative estimate of drug-likeness (QED) is 0.541. The van der Waals surface area contributed by atoms with E-state index >= 15 is 0 Å². The summed E-state index contributed by atoms with van der Waals surface area (Å²) in [7, 11) is 1.63. The number of imidazole rings is 1. The molecule has 1 saturated heterocycles. The number of hydrogen-bond donors (Lipinski definition) is 0. The zero-order valence-electron chi connectivity index (χ0n) is 18.0. The number of hydrogen-bond acceptors (Lipinski definition) is 3. The number of halogens is 1. The smallest absolute Gasteiger partial charge is 0.250 e.